The summed E-state index contributed by atoms with van der Waals surface area (Å²) in [5.41, 5.74) is 7.10. The Labute approximate surface area is 91.5 Å². The first-order valence-electron chi connectivity index (χ1n) is 4.44. The molecular formula is C8H13N5O3. The van der Waals surface area contributed by atoms with E-state index in [2.05, 4.69) is 5.10 Å². The molecule has 0 aliphatic rings. The highest BCUT2D eigenvalue weighted by Crippen LogP contribution is 2.07. The number of nitrogens with two attached hydrogens (primary N) is 2. The Morgan fingerprint density at radius 3 is 2.81 bits per heavy atom. The lowest BCUT2D eigenvalue weighted by Gasteiger charge is -2.14. The SMILES string of the molecule is COCC(C(=O)NN)n1ccc(C(N)=O)n1. The molecular weight excluding hydrogens is 214 g/mol. The molecule has 1 heterocycles. The van der Waals surface area contributed by atoms with Crippen molar-refractivity contribution in [2.24, 2.45) is 11.6 Å². The van der Waals surface area contributed by atoms with Gasteiger partial charge in [0.15, 0.2) is 6.04 Å². The first kappa shape index (κ1) is 12.1. The quantitative estimate of drug-likeness (QED) is 0.309. The summed E-state index contributed by atoms with van der Waals surface area (Å²) in [5, 5.41) is 3.84. The Morgan fingerprint density at radius 2 is 2.38 bits per heavy atom. The fraction of sp³-hybridized carbons (Fsp3) is 0.375. The molecule has 0 saturated carbocycles. The van der Waals surface area contributed by atoms with Crippen LogP contribution in [0.1, 0.15) is 16.5 Å². The van der Waals surface area contributed by atoms with Crippen LogP contribution in [0.15, 0.2) is 12.3 Å². The monoisotopic (exact) mass is 227 g/mol. The fourth-order valence-corrected chi connectivity index (χ4v) is 1.17. The molecule has 0 aliphatic heterocycles. The average molecular weight is 227 g/mol. The average Bonchev–Trinajstić information content (AvgIpc) is 2.74. The van der Waals surface area contributed by atoms with Crippen molar-refractivity contribution in [3.8, 4) is 0 Å². The van der Waals surface area contributed by atoms with E-state index < -0.39 is 17.9 Å². The van der Waals surface area contributed by atoms with Gasteiger partial charge < -0.3 is 10.5 Å². The summed E-state index contributed by atoms with van der Waals surface area (Å²) in [6.07, 6.45) is 1.46. The van der Waals surface area contributed by atoms with Gasteiger partial charge in [0, 0.05) is 13.3 Å². The van der Waals surface area contributed by atoms with Crippen LogP contribution < -0.4 is 17.0 Å². The van der Waals surface area contributed by atoms with Crippen molar-refractivity contribution in [2.45, 2.75) is 6.04 Å². The van der Waals surface area contributed by atoms with Crippen LogP contribution in [0, 0.1) is 0 Å². The largest absolute Gasteiger partial charge is 0.382 e. The number of hydrogen-bond acceptors (Lipinski definition) is 5. The number of methoxy groups -OCH3 is 1. The predicted octanol–water partition coefficient (Wildman–Crippen LogP) is -1.84. The van der Waals surface area contributed by atoms with E-state index in [1.165, 1.54) is 24.1 Å². The predicted molar refractivity (Wildman–Crippen MR) is 54.0 cm³/mol. The zero-order chi connectivity index (χ0) is 12.1. The molecule has 0 radical (unpaired) electrons. The highest BCUT2D eigenvalue weighted by atomic mass is 16.5. The number of amides is 2. The summed E-state index contributed by atoms with van der Waals surface area (Å²) in [4.78, 5) is 22.2. The van der Waals surface area contributed by atoms with Gasteiger partial charge in [0.05, 0.1) is 6.61 Å². The van der Waals surface area contributed by atoms with E-state index in [4.69, 9.17) is 16.3 Å². The Kier molecular flexibility index (Phi) is 3.97. The number of carbonyl (C=O) groups is 2. The third-order valence-corrected chi connectivity index (χ3v) is 1.95. The molecule has 8 heteroatoms. The van der Waals surface area contributed by atoms with Crippen LogP contribution >= 0.6 is 0 Å². The Morgan fingerprint density at radius 1 is 1.69 bits per heavy atom. The van der Waals surface area contributed by atoms with Gasteiger partial charge in [0.2, 0.25) is 0 Å². The molecule has 0 saturated heterocycles. The van der Waals surface area contributed by atoms with E-state index in [-0.39, 0.29) is 12.3 Å². The summed E-state index contributed by atoms with van der Waals surface area (Å²) in [7, 11) is 1.44. The fourth-order valence-electron chi connectivity index (χ4n) is 1.17. The summed E-state index contributed by atoms with van der Waals surface area (Å²) < 4.78 is 6.13. The van der Waals surface area contributed by atoms with E-state index in [1.54, 1.807) is 0 Å². The van der Waals surface area contributed by atoms with Crippen molar-refractivity contribution in [3.05, 3.63) is 18.0 Å². The topological polar surface area (TPSA) is 125 Å². The maximum atomic E-state index is 11.4. The lowest BCUT2D eigenvalue weighted by Crippen LogP contribution is -2.39. The van der Waals surface area contributed by atoms with Gasteiger partial charge in [-0.3, -0.25) is 19.7 Å². The molecule has 1 aromatic heterocycles. The van der Waals surface area contributed by atoms with Gasteiger partial charge >= 0.3 is 0 Å². The zero-order valence-corrected chi connectivity index (χ0v) is 8.71. The third-order valence-electron chi connectivity index (χ3n) is 1.95. The molecule has 1 unspecified atom stereocenters. The van der Waals surface area contributed by atoms with E-state index in [0.717, 1.165) is 0 Å². The number of ether oxygens (including phenoxy) is 1. The Bertz CT molecular complexity index is 389. The highest BCUT2D eigenvalue weighted by molar-refractivity contribution is 5.90. The minimum absolute atomic E-state index is 0.0749. The molecule has 1 aromatic rings. The van der Waals surface area contributed by atoms with E-state index in [0.29, 0.717) is 0 Å². The third kappa shape index (κ3) is 2.55. The van der Waals surface area contributed by atoms with Crippen molar-refractivity contribution in [1.29, 1.82) is 0 Å². The van der Waals surface area contributed by atoms with Gasteiger partial charge in [-0.2, -0.15) is 5.10 Å². The van der Waals surface area contributed by atoms with Gasteiger partial charge in [-0.15, -0.1) is 0 Å². The van der Waals surface area contributed by atoms with Crippen LogP contribution in [-0.4, -0.2) is 35.3 Å². The van der Waals surface area contributed by atoms with Crippen LogP contribution in [-0.2, 0) is 9.53 Å². The van der Waals surface area contributed by atoms with E-state index in [9.17, 15) is 9.59 Å². The lowest BCUT2D eigenvalue weighted by atomic mass is 10.3. The molecule has 0 aromatic carbocycles. The van der Waals surface area contributed by atoms with Crippen molar-refractivity contribution in [3.63, 3.8) is 0 Å². The molecule has 0 fully saturated rings. The molecule has 0 bridgehead atoms. The van der Waals surface area contributed by atoms with Crippen LogP contribution in [0.4, 0.5) is 0 Å². The minimum Gasteiger partial charge on any atom is -0.382 e. The van der Waals surface area contributed by atoms with Gasteiger partial charge in [0.25, 0.3) is 11.8 Å². The number of nitrogens with one attached hydrogen (secondary N) is 1. The first-order valence-corrected chi connectivity index (χ1v) is 4.44. The molecule has 0 spiro atoms. The second-order valence-corrected chi connectivity index (χ2v) is 3.02. The number of primary amides is 1. The second kappa shape index (κ2) is 5.24. The normalized spacial score (nSPS) is 12.1. The Hall–Kier alpha value is -1.93. The number of rotatable bonds is 5. The van der Waals surface area contributed by atoms with Crippen molar-refractivity contribution in [1.82, 2.24) is 15.2 Å². The molecule has 0 aliphatic carbocycles. The number of carbonyl (C=O) groups excluding carboxylic acids is 2. The standard InChI is InChI=1S/C8H13N5O3/c1-16-4-6(8(15)11-10)13-3-2-5(12-13)7(9)14/h2-3,6H,4,10H2,1H3,(H2,9,14)(H,11,15). The maximum Gasteiger partial charge on any atom is 0.269 e. The number of hydrazine groups is 1. The summed E-state index contributed by atoms with van der Waals surface area (Å²) >= 11 is 0. The van der Waals surface area contributed by atoms with Crippen LogP contribution in [0.25, 0.3) is 0 Å². The first-order chi connectivity index (χ1) is 7.60. The van der Waals surface area contributed by atoms with E-state index >= 15 is 0 Å². The molecule has 8 nitrogen and oxygen atoms in total. The number of nitrogens with zero attached hydrogens (tertiary/aromatic N) is 2. The summed E-state index contributed by atoms with van der Waals surface area (Å²) in [5.74, 6) is 3.88. The summed E-state index contributed by atoms with van der Waals surface area (Å²) in [6, 6.07) is 0.678. The van der Waals surface area contributed by atoms with Crippen LogP contribution in [0.2, 0.25) is 0 Å². The van der Waals surface area contributed by atoms with Crippen molar-refractivity contribution >= 4 is 11.8 Å². The molecule has 2 amide bonds. The van der Waals surface area contributed by atoms with Gasteiger partial charge in [-0.05, 0) is 6.07 Å². The zero-order valence-electron chi connectivity index (χ0n) is 8.71. The molecule has 16 heavy (non-hydrogen) atoms. The second-order valence-electron chi connectivity index (χ2n) is 3.02. The van der Waals surface area contributed by atoms with Crippen LogP contribution in [0.5, 0.6) is 0 Å². The molecule has 5 N–H and O–H groups in total. The molecule has 1 atom stereocenters. The number of hydrogen-bond donors (Lipinski definition) is 3. The van der Waals surface area contributed by atoms with Gasteiger partial charge in [0.1, 0.15) is 5.69 Å². The summed E-state index contributed by atoms with van der Waals surface area (Å²) in [6.45, 7) is 0.0862. The number of aromatic nitrogens is 2. The lowest BCUT2D eigenvalue weighted by molar-refractivity contribution is -0.126. The minimum atomic E-state index is -0.733. The van der Waals surface area contributed by atoms with Crippen LogP contribution in [0.3, 0.4) is 0 Å². The smallest absolute Gasteiger partial charge is 0.269 e. The Balaban J connectivity index is 2.92. The van der Waals surface area contributed by atoms with Gasteiger partial charge in [-0.1, -0.05) is 0 Å². The molecule has 88 valence electrons. The maximum absolute atomic E-state index is 11.4. The van der Waals surface area contributed by atoms with Crippen molar-refractivity contribution < 1.29 is 14.3 Å². The van der Waals surface area contributed by atoms with E-state index in [1.807, 2.05) is 5.43 Å². The molecule has 1 rings (SSSR count). The van der Waals surface area contributed by atoms with Crippen molar-refractivity contribution in [2.75, 3.05) is 13.7 Å². The highest BCUT2D eigenvalue weighted by Gasteiger charge is 2.21. The van der Waals surface area contributed by atoms with Gasteiger partial charge in [-0.25, -0.2) is 5.84 Å².